The molecule has 1 rings (SSSR count). The molecule has 0 heterocycles. The van der Waals surface area contributed by atoms with Crippen LogP contribution < -0.4 is 40.0 Å². The SMILES string of the molecule is COC(=O)/C=C(/C)N[C@@H](C(=O)[O-])c1ccccc1.[Na+]. The average molecular weight is 271 g/mol. The smallest absolute Gasteiger partial charge is 0.548 e. The number of methoxy groups -OCH3 is 1. The molecule has 0 saturated heterocycles. The van der Waals surface area contributed by atoms with Crippen LogP contribution in [0.5, 0.6) is 0 Å². The molecular weight excluding hydrogens is 257 g/mol. The minimum atomic E-state index is -1.26. The summed E-state index contributed by atoms with van der Waals surface area (Å²) in [7, 11) is 1.25. The third kappa shape index (κ3) is 5.92. The normalized spacial score (nSPS) is 12.0. The number of hydrogen-bond donors (Lipinski definition) is 1. The minimum absolute atomic E-state index is 0. The molecule has 1 atom stereocenters. The van der Waals surface area contributed by atoms with E-state index in [4.69, 9.17) is 0 Å². The molecule has 6 heteroatoms. The van der Waals surface area contributed by atoms with Crippen LogP contribution in [0.1, 0.15) is 18.5 Å². The van der Waals surface area contributed by atoms with E-state index in [2.05, 4.69) is 10.1 Å². The average Bonchev–Trinajstić information content (AvgIpc) is 2.36. The van der Waals surface area contributed by atoms with Gasteiger partial charge in [-0.25, -0.2) is 4.79 Å². The molecule has 0 unspecified atom stereocenters. The van der Waals surface area contributed by atoms with Crippen LogP contribution in [0.2, 0.25) is 0 Å². The van der Waals surface area contributed by atoms with Crippen LogP contribution in [0.25, 0.3) is 0 Å². The Kier molecular flexibility index (Phi) is 8.14. The van der Waals surface area contributed by atoms with E-state index in [-0.39, 0.29) is 29.6 Å². The van der Waals surface area contributed by atoms with Gasteiger partial charge in [0.05, 0.1) is 19.1 Å². The molecular formula is C13H14NNaO4. The Balaban J connectivity index is 0.00000324. The van der Waals surface area contributed by atoms with Gasteiger partial charge in [0.15, 0.2) is 0 Å². The third-order valence-corrected chi connectivity index (χ3v) is 2.28. The maximum Gasteiger partial charge on any atom is 1.00 e. The molecule has 0 bridgehead atoms. The van der Waals surface area contributed by atoms with Gasteiger partial charge in [-0.05, 0) is 12.5 Å². The Morgan fingerprint density at radius 1 is 1.32 bits per heavy atom. The molecule has 1 N–H and O–H groups in total. The van der Waals surface area contributed by atoms with E-state index in [9.17, 15) is 14.7 Å². The van der Waals surface area contributed by atoms with E-state index in [0.29, 0.717) is 11.3 Å². The number of carbonyl (C=O) groups is 2. The summed E-state index contributed by atoms with van der Waals surface area (Å²) in [6, 6.07) is 7.57. The zero-order valence-electron chi connectivity index (χ0n) is 11.2. The fourth-order valence-electron chi connectivity index (χ4n) is 1.43. The van der Waals surface area contributed by atoms with Crippen molar-refractivity contribution in [3.63, 3.8) is 0 Å². The van der Waals surface area contributed by atoms with Crippen molar-refractivity contribution in [3.8, 4) is 0 Å². The van der Waals surface area contributed by atoms with Crippen LogP contribution in [0.15, 0.2) is 42.1 Å². The van der Waals surface area contributed by atoms with Gasteiger partial charge >= 0.3 is 35.5 Å². The van der Waals surface area contributed by atoms with Crippen molar-refractivity contribution in [1.82, 2.24) is 5.32 Å². The van der Waals surface area contributed by atoms with Gasteiger partial charge < -0.3 is 20.0 Å². The van der Waals surface area contributed by atoms with Crippen molar-refractivity contribution in [3.05, 3.63) is 47.7 Å². The second-order valence-corrected chi connectivity index (χ2v) is 3.66. The predicted molar refractivity (Wildman–Crippen MR) is 63.1 cm³/mol. The van der Waals surface area contributed by atoms with Gasteiger partial charge in [-0.15, -0.1) is 0 Å². The first-order valence-electron chi connectivity index (χ1n) is 5.33. The van der Waals surface area contributed by atoms with Gasteiger partial charge in [0.1, 0.15) is 0 Å². The van der Waals surface area contributed by atoms with Crippen LogP contribution in [0.4, 0.5) is 0 Å². The van der Waals surface area contributed by atoms with Crippen molar-refractivity contribution in [2.75, 3.05) is 7.11 Å². The summed E-state index contributed by atoms with van der Waals surface area (Å²) in [5.74, 6) is -1.82. The maximum atomic E-state index is 11.1. The fourth-order valence-corrected chi connectivity index (χ4v) is 1.43. The number of carbonyl (C=O) groups excluding carboxylic acids is 2. The molecule has 0 fully saturated rings. The zero-order valence-corrected chi connectivity index (χ0v) is 13.2. The van der Waals surface area contributed by atoms with E-state index in [1.54, 1.807) is 37.3 Å². The Hall–Kier alpha value is -1.30. The number of benzene rings is 1. The number of nitrogens with one attached hydrogen (secondary N) is 1. The number of rotatable bonds is 5. The van der Waals surface area contributed by atoms with E-state index in [0.717, 1.165) is 0 Å². The number of hydrogen-bond acceptors (Lipinski definition) is 5. The molecule has 0 aliphatic rings. The molecule has 0 amide bonds. The minimum Gasteiger partial charge on any atom is -0.548 e. The molecule has 1 aromatic carbocycles. The largest absolute Gasteiger partial charge is 1.00 e. The number of carboxylic acid groups (broad SMARTS) is 1. The molecule has 0 saturated carbocycles. The molecule has 19 heavy (non-hydrogen) atoms. The summed E-state index contributed by atoms with van der Waals surface area (Å²) >= 11 is 0. The van der Waals surface area contributed by atoms with Crippen LogP contribution >= 0.6 is 0 Å². The van der Waals surface area contributed by atoms with Crippen molar-refractivity contribution in [2.24, 2.45) is 0 Å². The zero-order chi connectivity index (χ0) is 13.5. The van der Waals surface area contributed by atoms with E-state index < -0.39 is 18.0 Å². The number of aliphatic carboxylic acids is 1. The Morgan fingerprint density at radius 3 is 2.37 bits per heavy atom. The van der Waals surface area contributed by atoms with Crippen LogP contribution in [0, 0.1) is 0 Å². The molecule has 0 radical (unpaired) electrons. The first-order chi connectivity index (χ1) is 8.54. The summed E-state index contributed by atoms with van der Waals surface area (Å²) in [5, 5.41) is 13.8. The van der Waals surface area contributed by atoms with Gasteiger partial charge in [0, 0.05) is 11.8 Å². The third-order valence-electron chi connectivity index (χ3n) is 2.28. The summed E-state index contributed by atoms with van der Waals surface area (Å²) < 4.78 is 4.45. The number of carboxylic acids is 1. The summed E-state index contributed by atoms with van der Waals surface area (Å²) in [6.45, 7) is 1.58. The van der Waals surface area contributed by atoms with Gasteiger partial charge in [0.2, 0.25) is 0 Å². The van der Waals surface area contributed by atoms with Crippen LogP contribution in [-0.4, -0.2) is 19.0 Å². The fraction of sp³-hybridized carbons (Fsp3) is 0.231. The first kappa shape index (κ1) is 17.7. The van der Waals surface area contributed by atoms with Gasteiger partial charge in [-0.3, -0.25) is 0 Å². The quantitative estimate of drug-likeness (QED) is 0.354. The maximum absolute atomic E-state index is 11.1. The van der Waals surface area contributed by atoms with E-state index in [1.807, 2.05) is 0 Å². The summed E-state index contributed by atoms with van der Waals surface area (Å²) in [6.07, 6.45) is 1.18. The van der Waals surface area contributed by atoms with Gasteiger partial charge in [-0.1, -0.05) is 30.3 Å². The van der Waals surface area contributed by atoms with Crippen LogP contribution in [-0.2, 0) is 14.3 Å². The molecule has 0 aliphatic heterocycles. The number of esters is 1. The van der Waals surface area contributed by atoms with Crippen molar-refractivity contribution < 1.29 is 49.0 Å². The Labute approximate surface area is 133 Å². The molecule has 96 valence electrons. The first-order valence-corrected chi connectivity index (χ1v) is 5.33. The Bertz CT molecular complexity index is 459. The van der Waals surface area contributed by atoms with Crippen molar-refractivity contribution in [2.45, 2.75) is 13.0 Å². The van der Waals surface area contributed by atoms with E-state index >= 15 is 0 Å². The molecule has 0 spiro atoms. The molecule has 1 aromatic rings. The van der Waals surface area contributed by atoms with Crippen LogP contribution in [0.3, 0.4) is 0 Å². The van der Waals surface area contributed by atoms with E-state index in [1.165, 1.54) is 13.2 Å². The molecule has 0 aliphatic carbocycles. The van der Waals surface area contributed by atoms with Crippen molar-refractivity contribution >= 4 is 11.9 Å². The summed E-state index contributed by atoms with van der Waals surface area (Å²) in [5.41, 5.74) is 0.940. The number of ether oxygens (including phenoxy) is 1. The van der Waals surface area contributed by atoms with Gasteiger partial charge in [-0.2, -0.15) is 0 Å². The molecule has 0 aromatic heterocycles. The van der Waals surface area contributed by atoms with Gasteiger partial charge in [0.25, 0.3) is 0 Å². The molecule has 5 nitrogen and oxygen atoms in total. The topological polar surface area (TPSA) is 78.5 Å². The van der Waals surface area contributed by atoms with Crippen molar-refractivity contribution in [1.29, 1.82) is 0 Å². The predicted octanol–water partition coefficient (Wildman–Crippen LogP) is -2.85. The second-order valence-electron chi connectivity index (χ2n) is 3.66. The summed E-state index contributed by atoms with van der Waals surface area (Å²) in [4.78, 5) is 22.1. The standard InChI is InChI=1S/C13H15NO4.Na/c1-9(8-11(15)18-2)14-12(13(16)17)10-6-4-3-5-7-10;/h3-8,12,14H,1-2H3,(H,16,17);/q;+1/p-1/b9-8-;/t12-;/m1./s1. The second kappa shape index (κ2) is 8.74. The Morgan fingerprint density at radius 2 is 1.89 bits per heavy atom. The number of allylic oxidation sites excluding steroid dienone is 1. The monoisotopic (exact) mass is 271 g/mol.